The van der Waals surface area contributed by atoms with Gasteiger partial charge in [0.15, 0.2) is 0 Å². The van der Waals surface area contributed by atoms with Crippen LogP contribution >= 0.6 is 11.8 Å². The highest BCUT2D eigenvalue weighted by Gasteiger charge is 2.22. The van der Waals surface area contributed by atoms with Crippen LogP contribution < -0.4 is 10.6 Å². The Morgan fingerprint density at radius 2 is 1.82 bits per heavy atom. The van der Waals surface area contributed by atoms with Crippen molar-refractivity contribution < 1.29 is 9.59 Å². The van der Waals surface area contributed by atoms with Crippen LogP contribution in [0.25, 0.3) is 6.08 Å². The Balaban J connectivity index is 1.29. The molecule has 2 heterocycles. The van der Waals surface area contributed by atoms with Gasteiger partial charge in [0.2, 0.25) is 0 Å². The van der Waals surface area contributed by atoms with Gasteiger partial charge in [-0.2, -0.15) is 0 Å². The fourth-order valence-corrected chi connectivity index (χ4v) is 4.98. The van der Waals surface area contributed by atoms with Crippen LogP contribution in [0.5, 0.6) is 0 Å². The van der Waals surface area contributed by atoms with Gasteiger partial charge in [-0.05, 0) is 56.3 Å². The highest BCUT2D eigenvalue weighted by atomic mass is 32.2. The molecular weight excluding hydrogens is 432 g/mol. The first-order valence-corrected chi connectivity index (χ1v) is 12.5. The highest BCUT2D eigenvalue weighted by molar-refractivity contribution is 8.04. The minimum Gasteiger partial charge on any atom is -0.352 e. The van der Waals surface area contributed by atoms with E-state index in [1.165, 1.54) is 17.3 Å². The van der Waals surface area contributed by atoms with Gasteiger partial charge in [-0.15, -0.1) is 0 Å². The Labute approximate surface area is 200 Å². The SMILES string of the molecule is CCN1CCN(CCCNC(=O)c2ccc3c(c2)NC(=O)/C(=C\c2ccc(C)cc2)S3)CC1. The molecule has 0 unspecified atom stereocenters. The summed E-state index contributed by atoms with van der Waals surface area (Å²) in [4.78, 5) is 31.7. The van der Waals surface area contributed by atoms with Crippen LogP contribution in [0.1, 0.15) is 34.8 Å². The second-order valence-electron chi connectivity index (χ2n) is 8.57. The van der Waals surface area contributed by atoms with Crippen molar-refractivity contribution in [3.05, 3.63) is 64.1 Å². The Kier molecular flexibility index (Phi) is 7.85. The smallest absolute Gasteiger partial charge is 0.262 e. The predicted molar refractivity (Wildman–Crippen MR) is 136 cm³/mol. The van der Waals surface area contributed by atoms with Gasteiger partial charge < -0.3 is 20.4 Å². The van der Waals surface area contributed by atoms with Gasteiger partial charge in [0.1, 0.15) is 0 Å². The molecule has 0 aliphatic carbocycles. The van der Waals surface area contributed by atoms with Gasteiger partial charge in [0.05, 0.1) is 10.6 Å². The van der Waals surface area contributed by atoms with Crippen molar-refractivity contribution in [3.63, 3.8) is 0 Å². The van der Waals surface area contributed by atoms with Crippen LogP contribution in [0.2, 0.25) is 0 Å². The van der Waals surface area contributed by atoms with E-state index in [2.05, 4.69) is 27.4 Å². The predicted octanol–water partition coefficient (Wildman–Crippen LogP) is 3.84. The lowest BCUT2D eigenvalue weighted by atomic mass is 10.1. The number of rotatable bonds is 7. The van der Waals surface area contributed by atoms with Crippen molar-refractivity contribution in [1.82, 2.24) is 15.1 Å². The molecule has 174 valence electrons. The number of thioether (sulfide) groups is 1. The standard InChI is InChI=1S/C26H32N4O2S/c1-3-29-13-15-30(16-14-29)12-4-11-27-25(31)21-9-10-23-22(18-21)28-26(32)24(33-23)17-20-7-5-19(2)6-8-20/h5-10,17-18H,3-4,11-16H2,1-2H3,(H,27,31)(H,28,32)/b24-17+. The fourth-order valence-electron chi connectivity index (χ4n) is 4.05. The summed E-state index contributed by atoms with van der Waals surface area (Å²) in [6.45, 7) is 11.5. The summed E-state index contributed by atoms with van der Waals surface area (Å²) in [7, 11) is 0. The van der Waals surface area contributed by atoms with Crippen molar-refractivity contribution in [2.75, 3.05) is 51.1 Å². The molecule has 0 aromatic heterocycles. The number of carbonyl (C=O) groups is 2. The molecule has 0 atom stereocenters. The van der Waals surface area contributed by atoms with Crippen LogP contribution in [0.3, 0.4) is 0 Å². The van der Waals surface area contributed by atoms with E-state index in [1.54, 1.807) is 6.07 Å². The molecule has 1 fully saturated rings. The molecule has 2 amide bonds. The second-order valence-corrected chi connectivity index (χ2v) is 9.66. The summed E-state index contributed by atoms with van der Waals surface area (Å²) >= 11 is 1.43. The number of carbonyl (C=O) groups excluding carboxylic acids is 2. The summed E-state index contributed by atoms with van der Waals surface area (Å²) in [6, 6.07) is 13.6. The number of hydrogen-bond donors (Lipinski definition) is 2. The molecular formula is C26H32N4O2S. The minimum atomic E-state index is -0.145. The summed E-state index contributed by atoms with van der Waals surface area (Å²) in [5, 5.41) is 5.95. The van der Waals surface area contributed by atoms with Gasteiger partial charge in [0.25, 0.3) is 11.8 Å². The molecule has 2 aliphatic rings. The number of nitrogens with one attached hydrogen (secondary N) is 2. The lowest BCUT2D eigenvalue weighted by Gasteiger charge is -2.33. The quantitative estimate of drug-likeness (QED) is 0.482. The van der Waals surface area contributed by atoms with Crippen LogP contribution in [0.4, 0.5) is 5.69 Å². The molecule has 6 nitrogen and oxygen atoms in total. The van der Waals surface area contributed by atoms with Crippen LogP contribution in [0.15, 0.2) is 52.3 Å². The summed E-state index contributed by atoms with van der Waals surface area (Å²) in [5.41, 5.74) is 3.43. The molecule has 33 heavy (non-hydrogen) atoms. The molecule has 1 saturated heterocycles. The Hall–Kier alpha value is -2.61. The maximum atomic E-state index is 12.6. The van der Waals surface area contributed by atoms with Gasteiger partial charge >= 0.3 is 0 Å². The van der Waals surface area contributed by atoms with Gasteiger partial charge in [-0.1, -0.05) is 48.5 Å². The number of likely N-dealkylation sites (N-methyl/N-ethyl adjacent to an activating group) is 1. The summed E-state index contributed by atoms with van der Waals surface area (Å²) in [6.07, 6.45) is 2.83. The Morgan fingerprint density at radius 1 is 1.09 bits per heavy atom. The molecule has 0 bridgehead atoms. The zero-order valence-electron chi connectivity index (χ0n) is 19.4. The highest BCUT2D eigenvalue weighted by Crippen LogP contribution is 2.39. The first kappa shape index (κ1) is 23.5. The molecule has 0 spiro atoms. The van der Waals surface area contributed by atoms with Gasteiger partial charge in [-0.3, -0.25) is 9.59 Å². The van der Waals surface area contributed by atoms with E-state index in [0.717, 1.165) is 56.1 Å². The Morgan fingerprint density at radius 3 is 2.55 bits per heavy atom. The number of fused-ring (bicyclic) bond motifs is 1. The Bertz CT molecular complexity index is 1030. The van der Waals surface area contributed by atoms with Crippen molar-refractivity contribution in [2.24, 2.45) is 0 Å². The van der Waals surface area contributed by atoms with Crippen molar-refractivity contribution in [2.45, 2.75) is 25.2 Å². The molecule has 7 heteroatoms. The van der Waals surface area contributed by atoms with E-state index in [1.807, 2.05) is 49.4 Å². The molecule has 0 radical (unpaired) electrons. The number of aryl methyl sites for hydroxylation is 1. The van der Waals surface area contributed by atoms with Crippen LogP contribution in [0, 0.1) is 6.92 Å². The topological polar surface area (TPSA) is 64.7 Å². The van der Waals surface area contributed by atoms with E-state index >= 15 is 0 Å². The monoisotopic (exact) mass is 464 g/mol. The third-order valence-corrected chi connectivity index (χ3v) is 7.26. The van der Waals surface area contributed by atoms with E-state index in [-0.39, 0.29) is 11.8 Å². The molecule has 2 aliphatic heterocycles. The van der Waals surface area contributed by atoms with Crippen molar-refractivity contribution in [3.8, 4) is 0 Å². The lowest BCUT2D eigenvalue weighted by molar-refractivity contribution is -0.112. The number of benzene rings is 2. The number of nitrogens with zero attached hydrogens (tertiary/aromatic N) is 2. The van der Waals surface area contributed by atoms with Crippen LogP contribution in [-0.2, 0) is 4.79 Å². The third kappa shape index (κ3) is 6.25. The molecule has 2 aromatic rings. The first-order valence-electron chi connectivity index (χ1n) is 11.7. The lowest BCUT2D eigenvalue weighted by Crippen LogP contribution is -2.46. The van der Waals surface area contributed by atoms with Crippen molar-refractivity contribution >= 4 is 35.3 Å². The van der Waals surface area contributed by atoms with E-state index in [0.29, 0.717) is 22.7 Å². The van der Waals surface area contributed by atoms with E-state index in [4.69, 9.17) is 0 Å². The second kappa shape index (κ2) is 11.0. The normalized spacial score (nSPS) is 18.1. The maximum Gasteiger partial charge on any atom is 0.262 e. The van der Waals surface area contributed by atoms with Crippen molar-refractivity contribution in [1.29, 1.82) is 0 Å². The molecule has 2 N–H and O–H groups in total. The summed E-state index contributed by atoms with van der Waals surface area (Å²) in [5.74, 6) is -0.248. The fraction of sp³-hybridized carbons (Fsp3) is 0.385. The average molecular weight is 465 g/mol. The number of piperazine rings is 1. The molecule has 0 saturated carbocycles. The van der Waals surface area contributed by atoms with Gasteiger partial charge in [-0.25, -0.2) is 0 Å². The van der Waals surface area contributed by atoms with Gasteiger partial charge in [0, 0.05) is 43.2 Å². The third-order valence-electron chi connectivity index (χ3n) is 6.16. The largest absolute Gasteiger partial charge is 0.352 e. The molecule has 4 rings (SSSR count). The maximum absolute atomic E-state index is 12.6. The van der Waals surface area contributed by atoms with E-state index < -0.39 is 0 Å². The zero-order chi connectivity index (χ0) is 23.2. The minimum absolute atomic E-state index is 0.103. The number of amides is 2. The number of anilines is 1. The van der Waals surface area contributed by atoms with Crippen LogP contribution in [-0.4, -0.2) is 67.4 Å². The zero-order valence-corrected chi connectivity index (χ0v) is 20.2. The number of hydrogen-bond acceptors (Lipinski definition) is 5. The van der Waals surface area contributed by atoms with E-state index in [9.17, 15) is 9.59 Å². The summed E-state index contributed by atoms with van der Waals surface area (Å²) < 4.78 is 0. The molecule has 2 aromatic carbocycles. The average Bonchev–Trinajstić information content (AvgIpc) is 2.83. The first-order chi connectivity index (χ1) is 16.0.